The second kappa shape index (κ2) is 7.26. The predicted molar refractivity (Wildman–Crippen MR) is 80.9 cm³/mol. The van der Waals surface area contributed by atoms with Gasteiger partial charge in [0.1, 0.15) is 6.04 Å². The van der Waals surface area contributed by atoms with Crippen LogP contribution in [0.2, 0.25) is 0 Å². The summed E-state index contributed by atoms with van der Waals surface area (Å²) in [5.41, 5.74) is 0.881. The van der Waals surface area contributed by atoms with E-state index in [4.69, 9.17) is 5.11 Å². The largest absolute Gasteiger partial charge is 0.480 e. The zero-order valence-corrected chi connectivity index (χ0v) is 13.5. The lowest BCUT2D eigenvalue weighted by Gasteiger charge is -2.17. The van der Waals surface area contributed by atoms with E-state index in [0.717, 1.165) is 5.56 Å². The molecule has 0 heterocycles. The molecule has 1 rings (SSSR count). The molecule has 0 radical (unpaired) electrons. The zero-order valence-electron chi connectivity index (χ0n) is 12.7. The first-order valence-corrected chi connectivity index (χ1v) is 8.23. The number of carbonyl (C=O) groups is 2. The van der Waals surface area contributed by atoms with Crippen molar-refractivity contribution in [1.82, 2.24) is 10.0 Å². The molecule has 3 N–H and O–H groups in total. The third-order valence-electron chi connectivity index (χ3n) is 2.87. The molecule has 0 unspecified atom stereocenters. The number of hydrogen-bond acceptors (Lipinski definition) is 4. The number of carbonyl (C=O) groups excluding carboxylic acids is 1. The predicted octanol–water partition coefficient (Wildman–Crippen LogP) is 1.48. The minimum atomic E-state index is -4.03. The van der Waals surface area contributed by atoms with Crippen LogP contribution in [0.25, 0.3) is 0 Å². The van der Waals surface area contributed by atoms with Crippen molar-refractivity contribution in [3.05, 3.63) is 29.8 Å². The van der Waals surface area contributed by atoms with E-state index in [2.05, 4.69) is 5.32 Å². The molecule has 0 aromatic heterocycles. The number of nitrogens with one attached hydrogen (secondary N) is 2. The molecule has 1 aromatic carbocycles. The Labute approximate surface area is 129 Å². The number of urea groups is 1. The minimum Gasteiger partial charge on any atom is -0.480 e. The summed E-state index contributed by atoms with van der Waals surface area (Å²) in [6.45, 7) is 5.41. The van der Waals surface area contributed by atoms with E-state index < -0.39 is 28.1 Å². The molecular weight excluding hydrogens is 308 g/mol. The summed E-state index contributed by atoms with van der Waals surface area (Å²) in [4.78, 5) is 22.7. The van der Waals surface area contributed by atoms with Gasteiger partial charge in [-0.2, -0.15) is 0 Å². The van der Waals surface area contributed by atoms with Crippen LogP contribution < -0.4 is 10.0 Å². The van der Waals surface area contributed by atoms with Crippen molar-refractivity contribution in [1.29, 1.82) is 0 Å². The minimum absolute atomic E-state index is 0.0371. The number of amides is 2. The molecule has 0 fully saturated rings. The Morgan fingerprint density at radius 2 is 1.73 bits per heavy atom. The SMILES string of the molecule is Cc1ccc(S(=O)(=O)NC(=O)N[C@H](CC(C)C)C(=O)O)cc1. The summed E-state index contributed by atoms with van der Waals surface area (Å²) in [6.07, 6.45) is 0.202. The molecular formula is C14H20N2O5S. The van der Waals surface area contributed by atoms with Crippen LogP contribution in [-0.2, 0) is 14.8 Å². The van der Waals surface area contributed by atoms with Crippen LogP contribution in [0.5, 0.6) is 0 Å². The van der Waals surface area contributed by atoms with Gasteiger partial charge in [-0.1, -0.05) is 31.5 Å². The monoisotopic (exact) mass is 328 g/mol. The molecule has 8 heteroatoms. The summed E-state index contributed by atoms with van der Waals surface area (Å²) in [5.74, 6) is -1.17. The molecule has 2 amide bonds. The second-order valence-electron chi connectivity index (χ2n) is 5.41. The highest BCUT2D eigenvalue weighted by Crippen LogP contribution is 2.10. The fourth-order valence-corrected chi connectivity index (χ4v) is 2.69. The van der Waals surface area contributed by atoms with Gasteiger partial charge in [0.15, 0.2) is 0 Å². The Morgan fingerprint density at radius 1 is 1.18 bits per heavy atom. The molecule has 0 saturated carbocycles. The normalized spacial score (nSPS) is 12.7. The van der Waals surface area contributed by atoms with Gasteiger partial charge in [-0.25, -0.2) is 22.7 Å². The third-order valence-corrected chi connectivity index (χ3v) is 4.22. The van der Waals surface area contributed by atoms with E-state index in [1.54, 1.807) is 32.9 Å². The van der Waals surface area contributed by atoms with Gasteiger partial charge in [-0.15, -0.1) is 0 Å². The summed E-state index contributed by atoms with van der Waals surface area (Å²) in [6, 6.07) is 3.74. The number of carboxylic acid groups (broad SMARTS) is 1. The van der Waals surface area contributed by atoms with Crippen LogP contribution in [0.3, 0.4) is 0 Å². The number of benzene rings is 1. The molecule has 1 atom stereocenters. The third kappa shape index (κ3) is 5.36. The highest BCUT2D eigenvalue weighted by Gasteiger charge is 2.24. The van der Waals surface area contributed by atoms with E-state index in [-0.39, 0.29) is 17.2 Å². The van der Waals surface area contributed by atoms with Crippen molar-refractivity contribution < 1.29 is 23.1 Å². The maximum atomic E-state index is 12.0. The lowest BCUT2D eigenvalue weighted by molar-refractivity contribution is -0.139. The van der Waals surface area contributed by atoms with E-state index in [1.807, 2.05) is 4.72 Å². The molecule has 0 aliphatic rings. The van der Waals surface area contributed by atoms with Crippen LogP contribution in [0.4, 0.5) is 4.79 Å². The smallest absolute Gasteiger partial charge is 0.329 e. The Balaban J connectivity index is 2.78. The number of aryl methyl sites for hydroxylation is 1. The van der Waals surface area contributed by atoms with Crippen molar-refractivity contribution in [3.8, 4) is 0 Å². The summed E-state index contributed by atoms with van der Waals surface area (Å²) >= 11 is 0. The van der Waals surface area contributed by atoms with Crippen molar-refractivity contribution in [3.63, 3.8) is 0 Å². The van der Waals surface area contributed by atoms with Crippen molar-refractivity contribution in [2.24, 2.45) is 5.92 Å². The van der Waals surface area contributed by atoms with E-state index in [1.165, 1.54) is 12.1 Å². The van der Waals surface area contributed by atoms with Gasteiger partial charge in [0.25, 0.3) is 10.0 Å². The average molecular weight is 328 g/mol. The van der Waals surface area contributed by atoms with Crippen LogP contribution in [0.15, 0.2) is 29.2 Å². The number of rotatable bonds is 6. The lowest BCUT2D eigenvalue weighted by atomic mass is 10.0. The van der Waals surface area contributed by atoms with Gasteiger partial charge in [-0.3, -0.25) is 0 Å². The highest BCUT2D eigenvalue weighted by molar-refractivity contribution is 7.90. The van der Waals surface area contributed by atoms with Gasteiger partial charge in [0.05, 0.1) is 4.90 Å². The first-order chi connectivity index (χ1) is 10.1. The summed E-state index contributed by atoms with van der Waals surface area (Å²) < 4.78 is 25.8. The standard InChI is InChI=1S/C14H20N2O5S/c1-9(2)8-12(13(17)18)15-14(19)16-22(20,21)11-6-4-10(3)5-7-11/h4-7,9,12H,8H2,1-3H3,(H,17,18)(H2,15,16,19)/t12-/m1/s1. The van der Waals surface area contributed by atoms with Gasteiger partial charge in [0.2, 0.25) is 0 Å². The first-order valence-electron chi connectivity index (χ1n) is 6.74. The molecule has 0 spiro atoms. The van der Waals surface area contributed by atoms with Crippen LogP contribution in [0.1, 0.15) is 25.8 Å². The fourth-order valence-electron chi connectivity index (χ4n) is 1.78. The van der Waals surface area contributed by atoms with Crippen molar-refractivity contribution in [2.45, 2.75) is 38.1 Å². The topological polar surface area (TPSA) is 113 Å². The molecule has 7 nitrogen and oxygen atoms in total. The molecule has 0 aliphatic heterocycles. The lowest BCUT2D eigenvalue weighted by Crippen LogP contribution is -2.48. The Kier molecular flexibility index (Phi) is 5.92. The van der Waals surface area contributed by atoms with Crippen LogP contribution >= 0.6 is 0 Å². The zero-order chi connectivity index (χ0) is 16.9. The fraction of sp³-hybridized carbons (Fsp3) is 0.429. The molecule has 1 aromatic rings. The molecule has 22 heavy (non-hydrogen) atoms. The van der Waals surface area contributed by atoms with Gasteiger partial charge in [0, 0.05) is 0 Å². The van der Waals surface area contributed by atoms with E-state index in [0.29, 0.717) is 0 Å². The second-order valence-corrected chi connectivity index (χ2v) is 7.09. The molecule has 0 bridgehead atoms. The Hall–Kier alpha value is -2.09. The maximum Gasteiger partial charge on any atom is 0.329 e. The quantitative estimate of drug-likeness (QED) is 0.732. The van der Waals surface area contributed by atoms with E-state index >= 15 is 0 Å². The number of aliphatic carboxylic acids is 1. The average Bonchev–Trinajstić information content (AvgIpc) is 2.37. The van der Waals surface area contributed by atoms with Crippen LogP contribution in [-0.4, -0.2) is 31.6 Å². The Bertz CT molecular complexity index is 638. The van der Waals surface area contributed by atoms with Crippen LogP contribution in [0, 0.1) is 12.8 Å². The number of sulfonamides is 1. The molecule has 0 saturated heterocycles. The summed E-state index contributed by atoms with van der Waals surface area (Å²) in [5, 5.41) is 11.2. The van der Waals surface area contributed by atoms with Gasteiger partial charge >= 0.3 is 12.0 Å². The highest BCUT2D eigenvalue weighted by atomic mass is 32.2. The van der Waals surface area contributed by atoms with E-state index in [9.17, 15) is 18.0 Å². The Morgan fingerprint density at radius 3 is 2.18 bits per heavy atom. The number of hydrogen-bond donors (Lipinski definition) is 3. The first kappa shape index (κ1) is 18.0. The number of carboxylic acids is 1. The maximum absolute atomic E-state index is 12.0. The van der Waals surface area contributed by atoms with Gasteiger partial charge in [-0.05, 0) is 31.4 Å². The van der Waals surface area contributed by atoms with Crippen molar-refractivity contribution in [2.75, 3.05) is 0 Å². The molecule has 122 valence electrons. The van der Waals surface area contributed by atoms with Crippen molar-refractivity contribution >= 4 is 22.0 Å². The summed E-state index contributed by atoms with van der Waals surface area (Å²) in [7, 11) is -4.03. The molecule has 0 aliphatic carbocycles. The van der Waals surface area contributed by atoms with Gasteiger partial charge < -0.3 is 10.4 Å².